The third-order valence-electron chi connectivity index (χ3n) is 4.21. The molecule has 0 spiro atoms. The van der Waals surface area contributed by atoms with E-state index in [4.69, 9.17) is 0 Å². The molecule has 0 aromatic heterocycles. The first kappa shape index (κ1) is 20.4. The van der Waals surface area contributed by atoms with Crippen LogP contribution >= 0.6 is 23.5 Å². The Bertz CT molecular complexity index is 577. The molecule has 1 N–H and O–H groups in total. The van der Waals surface area contributed by atoms with Gasteiger partial charge in [0.05, 0.1) is 12.1 Å². The van der Waals surface area contributed by atoms with Crippen LogP contribution in [0.15, 0.2) is 36.4 Å². The van der Waals surface area contributed by atoms with Crippen molar-refractivity contribution in [2.75, 3.05) is 23.8 Å². The van der Waals surface area contributed by atoms with Crippen LogP contribution in [-0.2, 0) is 6.42 Å². The molecule has 1 amide bonds. The molecule has 1 fully saturated rings. The van der Waals surface area contributed by atoms with E-state index < -0.39 is 6.10 Å². The maximum atomic E-state index is 12.1. The van der Waals surface area contributed by atoms with Crippen molar-refractivity contribution in [2.24, 2.45) is 0 Å². The highest BCUT2D eigenvalue weighted by Crippen LogP contribution is 2.25. The van der Waals surface area contributed by atoms with E-state index in [1.54, 1.807) is 0 Å². The van der Waals surface area contributed by atoms with Crippen molar-refractivity contribution in [2.45, 2.75) is 45.3 Å². The fourth-order valence-corrected chi connectivity index (χ4v) is 4.82. The molecule has 0 unspecified atom stereocenters. The van der Waals surface area contributed by atoms with Crippen LogP contribution in [0.2, 0.25) is 0 Å². The monoisotopic (exact) mass is 379 g/mol. The van der Waals surface area contributed by atoms with E-state index in [0.29, 0.717) is 6.42 Å². The van der Waals surface area contributed by atoms with Crippen LogP contribution in [0.4, 0.5) is 4.79 Å². The second kappa shape index (κ2) is 10.9. The number of hydrogen-bond donors (Lipinski definition) is 1. The predicted molar refractivity (Wildman–Crippen MR) is 111 cm³/mol. The number of thioether (sulfide) groups is 2. The summed E-state index contributed by atoms with van der Waals surface area (Å²) in [7, 11) is 0. The normalized spacial score (nSPS) is 19.1. The average Bonchev–Trinajstić information content (AvgIpc) is 2.93. The Kier molecular flexibility index (Phi) is 8.93. The van der Waals surface area contributed by atoms with E-state index in [1.807, 2.05) is 40.9 Å². The number of aliphatic hydroxyl groups is 1. The molecule has 1 aliphatic rings. The molecule has 2 rings (SSSR count). The lowest BCUT2D eigenvalue weighted by molar-refractivity contribution is 0.217. The van der Waals surface area contributed by atoms with Crippen molar-refractivity contribution in [3.05, 3.63) is 47.5 Å². The largest absolute Gasteiger partial charge is 0.389 e. The minimum absolute atomic E-state index is 0.108. The van der Waals surface area contributed by atoms with E-state index in [9.17, 15) is 9.90 Å². The summed E-state index contributed by atoms with van der Waals surface area (Å²) in [6.45, 7) is 5.05. The topological polar surface area (TPSA) is 40.5 Å². The van der Waals surface area contributed by atoms with Crippen LogP contribution in [0, 0.1) is 6.92 Å². The highest BCUT2D eigenvalue weighted by atomic mass is 32.2. The molecule has 0 aliphatic carbocycles. The van der Waals surface area contributed by atoms with Gasteiger partial charge in [0.15, 0.2) is 0 Å². The molecule has 1 saturated heterocycles. The number of nitrogens with zero attached hydrogens (tertiary/aromatic N) is 1. The highest BCUT2D eigenvalue weighted by Gasteiger charge is 2.29. The Hall–Kier alpha value is -0.910. The first-order valence-corrected chi connectivity index (χ1v) is 11.2. The first-order chi connectivity index (χ1) is 12.1. The second-order valence-corrected chi connectivity index (χ2v) is 8.64. The standard InChI is InChI=1S/C20H29NO2S2/c1-3-4-11-24-12-10-21-18(15-25-20(21)23)8-9-19(22)14-17-7-5-6-16(2)13-17/h5-9,13,18-19,22H,3-4,10-12,14-15H2,1-2H3/b9-8+/t18-,19+/m0/s1. The zero-order valence-electron chi connectivity index (χ0n) is 15.2. The molecule has 5 heteroatoms. The van der Waals surface area contributed by atoms with Crippen molar-refractivity contribution in [1.82, 2.24) is 4.90 Å². The second-order valence-electron chi connectivity index (χ2n) is 6.45. The summed E-state index contributed by atoms with van der Waals surface area (Å²) in [5, 5.41) is 10.4. The van der Waals surface area contributed by atoms with Gasteiger partial charge in [0.1, 0.15) is 0 Å². The van der Waals surface area contributed by atoms with E-state index in [2.05, 4.69) is 26.0 Å². The number of unbranched alkanes of at least 4 members (excludes halogenated alkanes) is 1. The molecule has 1 aromatic rings. The number of rotatable bonds is 10. The molecule has 2 atom stereocenters. The Labute approximate surface area is 160 Å². The van der Waals surface area contributed by atoms with Gasteiger partial charge in [-0.3, -0.25) is 4.79 Å². The predicted octanol–water partition coefficient (Wildman–Crippen LogP) is 4.53. The fourth-order valence-electron chi connectivity index (χ4n) is 2.80. The van der Waals surface area contributed by atoms with Gasteiger partial charge in [-0.1, -0.05) is 67.1 Å². The van der Waals surface area contributed by atoms with Crippen molar-refractivity contribution in [1.29, 1.82) is 0 Å². The van der Waals surface area contributed by atoms with Gasteiger partial charge in [0, 0.05) is 24.5 Å². The van der Waals surface area contributed by atoms with E-state index in [-0.39, 0.29) is 11.3 Å². The number of benzene rings is 1. The Morgan fingerprint density at radius 2 is 2.28 bits per heavy atom. The smallest absolute Gasteiger partial charge is 0.282 e. The molecular formula is C20H29NO2S2. The van der Waals surface area contributed by atoms with Crippen LogP contribution in [-0.4, -0.2) is 51.2 Å². The van der Waals surface area contributed by atoms with E-state index in [0.717, 1.165) is 23.6 Å². The zero-order valence-corrected chi connectivity index (χ0v) is 16.8. The van der Waals surface area contributed by atoms with Gasteiger partial charge < -0.3 is 10.0 Å². The summed E-state index contributed by atoms with van der Waals surface area (Å²) >= 11 is 3.30. The molecule has 3 nitrogen and oxygen atoms in total. The minimum Gasteiger partial charge on any atom is -0.389 e. The number of amides is 1. The molecule has 0 radical (unpaired) electrons. The van der Waals surface area contributed by atoms with Crippen molar-refractivity contribution in [3.63, 3.8) is 0 Å². The van der Waals surface area contributed by atoms with Gasteiger partial charge in [-0.2, -0.15) is 11.8 Å². The molecule has 0 saturated carbocycles. The molecule has 1 heterocycles. The number of hydrogen-bond acceptors (Lipinski definition) is 4. The molecule has 25 heavy (non-hydrogen) atoms. The van der Waals surface area contributed by atoms with Gasteiger partial charge in [0.25, 0.3) is 5.24 Å². The van der Waals surface area contributed by atoms with Crippen LogP contribution in [0.1, 0.15) is 30.9 Å². The van der Waals surface area contributed by atoms with Gasteiger partial charge in [-0.15, -0.1) is 0 Å². The Balaban J connectivity index is 1.82. The number of carbonyl (C=O) groups excluding carboxylic acids is 1. The van der Waals surface area contributed by atoms with Crippen LogP contribution in [0.5, 0.6) is 0 Å². The van der Waals surface area contributed by atoms with Crippen molar-refractivity contribution >= 4 is 28.8 Å². The van der Waals surface area contributed by atoms with Gasteiger partial charge in [-0.05, 0) is 24.7 Å². The maximum Gasteiger partial charge on any atom is 0.282 e. The van der Waals surface area contributed by atoms with Crippen molar-refractivity contribution in [3.8, 4) is 0 Å². The zero-order chi connectivity index (χ0) is 18.1. The van der Waals surface area contributed by atoms with E-state index >= 15 is 0 Å². The summed E-state index contributed by atoms with van der Waals surface area (Å²) in [5.74, 6) is 2.94. The Morgan fingerprint density at radius 1 is 1.44 bits per heavy atom. The van der Waals surface area contributed by atoms with Crippen LogP contribution in [0.25, 0.3) is 0 Å². The van der Waals surface area contributed by atoms with Gasteiger partial charge in [0.2, 0.25) is 0 Å². The quantitative estimate of drug-likeness (QED) is 0.479. The van der Waals surface area contributed by atoms with Crippen molar-refractivity contribution < 1.29 is 9.90 Å². The lowest BCUT2D eigenvalue weighted by Crippen LogP contribution is -2.34. The van der Waals surface area contributed by atoms with Crippen LogP contribution < -0.4 is 0 Å². The highest BCUT2D eigenvalue weighted by molar-refractivity contribution is 8.13. The third-order valence-corrected chi connectivity index (χ3v) is 6.25. The lowest BCUT2D eigenvalue weighted by atomic mass is 10.0. The third kappa shape index (κ3) is 7.08. The Morgan fingerprint density at radius 3 is 3.04 bits per heavy atom. The molecule has 1 aliphatic heterocycles. The number of aliphatic hydroxyl groups excluding tert-OH is 1. The average molecular weight is 380 g/mol. The summed E-state index contributed by atoms with van der Waals surface area (Å²) < 4.78 is 0. The minimum atomic E-state index is -0.511. The van der Waals surface area contributed by atoms with E-state index in [1.165, 1.54) is 35.9 Å². The van der Waals surface area contributed by atoms with Crippen LogP contribution in [0.3, 0.4) is 0 Å². The molecule has 138 valence electrons. The summed E-state index contributed by atoms with van der Waals surface area (Å²) in [5.41, 5.74) is 2.34. The summed E-state index contributed by atoms with van der Waals surface area (Å²) in [6, 6.07) is 8.33. The maximum absolute atomic E-state index is 12.1. The number of aryl methyl sites for hydroxylation is 1. The SMILES string of the molecule is CCCCSCCN1C(=O)SC[C@@H]1/C=C/[C@@H](O)Cc1cccc(C)c1. The summed E-state index contributed by atoms with van der Waals surface area (Å²) in [4.78, 5) is 14.0. The first-order valence-electron chi connectivity index (χ1n) is 9.03. The van der Waals surface area contributed by atoms with Gasteiger partial charge >= 0.3 is 0 Å². The fraction of sp³-hybridized carbons (Fsp3) is 0.550. The molecule has 1 aromatic carbocycles. The summed E-state index contributed by atoms with van der Waals surface area (Å²) in [6.07, 6.45) is 6.41. The lowest BCUT2D eigenvalue weighted by Gasteiger charge is -2.21. The molecular weight excluding hydrogens is 350 g/mol. The molecule has 0 bridgehead atoms. The number of carbonyl (C=O) groups is 1. The van der Waals surface area contributed by atoms with Gasteiger partial charge in [-0.25, -0.2) is 0 Å².